The number of hydrogen-bond acceptors (Lipinski definition) is 27. The predicted molar refractivity (Wildman–Crippen MR) is 538 cm³/mol. The van der Waals surface area contributed by atoms with Crippen LogP contribution in [0, 0.1) is 34.0 Å². The number of rotatable bonds is 57. The minimum atomic E-state index is -1.83. The van der Waals surface area contributed by atoms with E-state index in [-0.39, 0.29) is 199 Å². The van der Waals surface area contributed by atoms with Gasteiger partial charge in [-0.1, -0.05) is 60.1 Å². The Morgan fingerprint density at radius 3 is 1.35 bits per heavy atom. The normalized spacial score (nSPS) is 19.5. The molecule has 6 saturated heterocycles. The van der Waals surface area contributed by atoms with Crippen LogP contribution < -0.4 is 109 Å². The summed E-state index contributed by atoms with van der Waals surface area (Å²) in [6.07, 6.45) is 2.46. The number of aliphatic carboxylic acids is 1. The number of phenols is 1. The minimum absolute atomic E-state index is 0.00696. The van der Waals surface area contributed by atoms with Gasteiger partial charge in [0, 0.05) is 90.9 Å². The molecule has 6 aliphatic rings. The number of carbonyl (C=O) groups excluding carboxylic acids is 20. The van der Waals surface area contributed by atoms with Crippen molar-refractivity contribution in [2.45, 2.75) is 299 Å². The number of amides is 20. The molecule has 1 aromatic carbocycles. The Balaban J connectivity index is 0.955. The first-order valence-corrected chi connectivity index (χ1v) is 51.0. The number of primary amides is 3. The molecule has 33 N–H and O–H groups in total. The van der Waals surface area contributed by atoms with E-state index in [0.29, 0.717) is 30.5 Å². The quantitative estimate of drug-likeness (QED) is 0.0166. The van der Waals surface area contributed by atoms with E-state index < -0.39 is 283 Å². The highest BCUT2D eigenvalue weighted by Crippen LogP contribution is 2.31. The summed E-state index contributed by atoms with van der Waals surface area (Å²) >= 11 is 0. The summed E-state index contributed by atoms with van der Waals surface area (Å²) in [5.74, 6) is -21.3. The molecule has 0 unspecified atom stereocenters. The zero-order valence-electron chi connectivity index (χ0n) is 85.7. The molecule has 828 valence electrons. The van der Waals surface area contributed by atoms with Crippen LogP contribution in [0.25, 0.3) is 0 Å². The number of nitrogens with zero attached hydrogens (tertiary/aromatic N) is 8. The molecule has 7 heterocycles. The number of guanidine groups is 3. The van der Waals surface area contributed by atoms with Crippen molar-refractivity contribution in [1.82, 2.24) is 113 Å². The van der Waals surface area contributed by atoms with Gasteiger partial charge in [-0.05, 0) is 157 Å². The summed E-state index contributed by atoms with van der Waals surface area (Å²) in [5.41, 5.74) is 39.3. The Kier molecular flexibility index (Phi) is 46.4. The molecule has 17 atom stereocenters. The number of aromatic nitrogens is 2. The lowest BCUT2D eigenvalue weighted by Gasteiger charge is -2.35. The van der Waals surface area contributed by atoms with Crippen LogP contribution in [0.1, 0.15) is 200 Å². The standard InChI is InChI=1S/C95H150N32O23/c1-7-52(6)76(120-80(137)59(42-53-25-27-55(128)28-26-53)116-85(142)75(51(4)5)119-84(141)67-22-11-36-123(67)86(143)57(18-9-32-108-94(102)103)113-79(136)61(45-72(99)131)115-78(135)60(44-71(98)130)111-73(132)46-96)91(148)126-39-13-21-66(126)82(139)114-58(29-30-70(97)129)87(144)127-40-15-23-68(127)89(146)121(34-16-33-109-95(104)105)48-74(133)122-35-14-24-69(122)90(147)125-38-12-20-65(125)83(140)117-62(43-54-47-106-49-110-54)88(145)124-37-10-19-64(124)81(138)112-56(17-8-31-107-93(100)101)77(134)118-63(92(149)150)41-50(2)3/h25-28,47,49-52,56-69,75-76,128H,7-24,29-46,48,96H2,1-6H3,(H2,97,129)(H2,98,130)(H2,99,131)(H,106,110)(H,111,132)(H,112,138)(H,113,136)(H,114,139)(H,115,135)(H,116,142)(H,117,140)(H,118,134)(H,119,141)(H,120,137)(H,149,150)(H4,100,101,107)(H4,102,103,108)(H4,104,105,109)/t52-,56-,57-,58-,59-,60-,61-,62-,63-,64-,65-,66-,67-,68-,69-,75-,76-/m0/s1. The topological polar surface area (TPSA) is 860 Å². The van der Waals surface area contributed by atoms with E-state index in [0.717, 1.165) is 4.90 Å². The van der Waals surface area contributed by atoms with Crippen LogP contribution in [-0.4, -0.2) is 372 Å². The Morgan fingerprint density at radius 1 is 0.447 bits per heavy atom. The van der Waals surface area contributed by atoms with E-state index in [1.807, 2.05) is 0 Å². The van der Waals surface area contributed by atoms with Crippen molar-refractivity contribution in [3.63, 3.8) is 0 Å². The number of aromatic hydroxyl groups is 1. The number of hydrogen-bond donors (Lipinski definition) is 26. The van der Waals surface area contributed by atoms with Crippen molar-refractivity contribution in [1.29, 1.82) is 16.2 Å². The largest absolute Gasteiger partial charge is 0.508 e. The smallest absolute Gasteiger partial charge is 0.326 e. The predicted octanol–water partition coefficient (Wildman–Crippen LogP) is -8.27. The summed E-state index contributed by atoms with van der Waals surface area (Å²) in [7, 11) is 0. The second-order valence-corrected chi connectivity index (χ2v) is 39.4. The van der Waals surface area contributed by atoms with Crippen LogP contribution in [-0.2, 0) is 114 Å². The SMILES string of the molecule is CC[C@H](C)[C@H](NC(=O)[C@H](Cc1ccc(O)cc1)NC(=O)[C@@H](NC(=O)[C@@H]1CCCN1C(=O)[C@H](CCCNC(=N)N)NC(=O)[C@H](CC(N)=O)NC(=O)[C@H](CC(N)=O)NC(=O)CN)C(C)C)C(=O)N1CCC[C@H]1C(=O)N[C@@H](CCC(N)=O)C(=O)N1CCC[C@H]1C(=O)N(CCCNC(=N)N)CC(=O)N1CCC[C@H]1C(=O)N1CCC[C@H]1C(=O)N[C@@H](Cc1c[nH]cn1)C(=O)N1CCC[C@H]1C(=O)N[C@@H](CCCNC(=N)N)C(=O)N[C@@H](CC(C)C)C(=O)O. The van der Waals surface area contributed by atoms with Gasteiger partial charge in [0.05, 0.1) is 38.0 Å². The second kappa shape index (κ2) is 58.0. The van der Waals surface area contributed by atoms with Gasteiger partial charge in [0.15, 0.2) is 17.9 Å². The summed E-state index contributed by atoms with van der Waals surface area (Å²) < 4.78 is 0. The zero-order chi connectivity index (χ0) is 111. The van der Waals surface area contributed by atoms with Crippen molar-refractivity contribution in [3.05, 3.63) is 48.0 Å². The monoisotopic (exact) mass is 2110 g/mol. The number of benzene rings is 1. The lowest BCUT2D eigenvalue weighted by Crippen LogP contribution is -2.62. The van der Waals surface area contributed by atoms with E-state index in [2.05, 4.69) is 79.1 Å². The lowest BCUT2D eigenvalue weighted by atomic mass is 9.96. The first-order chi connectivity index (χ1) is 71.1. The zero-order valence-corrected chi connectivity index (χ0v) is 85.7. The highest BCUT2D eigenvalue weighted by Gasteiger charge is 2.50. The molecule has 0 spiro atoms. The fourth-order valence-electron chi connectivity index (χ4n) is 19.4. The number of carboxylic acid groups (broad SMARTS) is 1. The first-order valence-electron chi connectivity index (χ1n) is 51.0. The second-order valence-electron chi connectivity index (χ2n) is 39.4. The third kappa shape index (κ3) is 35.3. The highest BCUT2D eigenvalue weighted by atomic mass is 16.4. The molecular weight excluding hydrogens is 1960 g/mol. The van der Waals surface area contributed by atoms with Crippen LogP contribution in [0.4, 0.5) is 0 Å². The molecule has 1 aromatic heterocycles. The van der Waals surface area contributed by atoms with Gasteiger partial charge in [-0.15, -0.1) is 0 Å². The summed E-state index contributed by atoms with van der Waals surface area (Å²) in [4.78, 5) is 314. The Morgan fingerprint density at radius 2 is 0.867 bits per heavy atom. The molecule has 0 bridgehead atoms. The number of carbonyl (C=O) groups is 21. The van der Waals surface area contributed by atoms with Gasteiger partial charge < -0.3 is 159 Å². The molecule has 6 aliphatic heterocycles. The third-order valence-electron chi connectivity index (χ3n) is 27.3. The fourth-order valence-corrected chi connectivity index (χ4v) is 19.4. The van der Waals surface area contributed by atoms with Crippen LogP contribution in [0.2, 0.25) is 0 Å². The minimum Gasteiger partial charge on any atom is -0.508 e. The number of likely N-dealkylation sites (tertiary alicyclic amines) is 6. The molecular formula is C95H150N32O23. The average Bonchev–Trinajstić information content (AvgIpc) is 1.64. The molecule has 0 aliphatic carbocycles. The number of nitrogens with two attached hydrogens (primary N) is 7. The van der Waals surface area contributed by atoms with Crippen molar-refractivity contribution < 1.29 is 111 Å². The van der Waals surface area contributed by atoms with Crippen LogP contribution in [0.3, 0.4) is 0 Å². The summed E-state index contributed by atoms with van der Waals surface area (Å²) in [5, 5.41) is 77.3. The van der Waals surface area contributed by atoms with E-state index >= 15 is 33.6 Å². The molecule has 20 amide bonds. The van der Waals surface area contributed by atoms with Gasteiger partial charge in [0.25, 0.3) is 0 Å². The number of aromatic amines is 1. The first kappa shape index (κ1) is 120. The lowest BCUT2D eigenvalue weighted by molar-refractivity contribution is -0.151. The Labute approximate surface area is 867 Å². The summed E-state index contributed by atoms with van der Waals surface area (Å²) in [6, 6.07) is -16.9. The number of H-pyrrole nitrogens is 1. The van der Waals surface area contributed by atoms with Crippen molar-refractivity contribution >= 4 is 142 Å². The highest BCUT2D eigenvalue weighted by molar-refractivity contribution is 6.03. The number of carboxylic acids is 1. The van der Waals surface area contributed by atoms with Gasteiger partial charge in [-0.3, -0.25) is 112 Å². The van der Waals surface area contributed by atoms with Gasteiger partial charge in [0.1, 0.15) is 102 Å². The molecule has 55 heteroatoms. The molecule has 6 fully saturated rings. The van der Waals surface area contributed by atoms with Gasteiger partial charge in [0.2, 0.25) is 118 Å². The molecule has 55 nitrogen and oxygen atoms in total. The van der Waals surface area contributed by atoms with Gasteiger partial charge in [-0.2, -0.15) is 0 Å². The van der Waals surface area contributed by atoms with Gasteiger partial charge in [-0.25, -0.2) is 9.78 Å². The van der Waals surface area contributed by atoms with E-state index in [1.165, 1.54) is 66.2 Å². The van der Waals surface area contributed by atoms with Crippen LogP contribution in [0.15, 0.2) is 36.8 Å². The van der Waals surface area contributed by atoms with Crippen molar-refractivity contribution in [3.8, 4) is 5.75 Å². The number of imidazole rings is 1. The molecule has 2 aromatic rings. The fraction of sp³-hybridized carbons (Fsp3) is 0.653. The van der Waals surface area contributed by atoms with Gasteiger partial charge >= 0.3 is 5.97 Å². The molecule has 8 rings (SSSR count). The summed E-state index contributed by atoms with van der Waals surface area (Å²) in [6.45, 7) is 8.79. The van der Waals surface area contributed by atoms with Crippen LogP contribution in [0.5, 0.6) is 5.75 Å². The van der Waals surface area contributed by atoms with E-state index in [4.69, 9.17) is 56.4 Å². The number of phenolic OH excluding ortho intramolecular Hbond substituents is 1. The maximum absolute atomic E-state index is 15.4. The van der Waals surface area contributed by atoms with Crippen molar-refractivity contribution in [2.75, 3.05) is 78.5 Å². The Hall–Kier alpha value is -15.1. The van der Waals surface area contributed by atoms with Crippen LogP contribution >= 0.6 is 0 Å². The Bertz CT molecular complexity index is 5170. The van der Waals surface area contributed by atoms with E-state index in [1.54, 1.807) is 41.5 Å². The molecule has 0 radical (unpaired) electrons. The third-order valence-corrected chi connectivity index (χ3v) is 27.3. The number of nitrogens with one attached hydrogen (secondary N) is 17. The average molecular weight is 2110 g/mol. The van der Waals surface area contributed by atoms with Crippen molar-refractivity contribution in [2.24, 2.45) is 57.9 Å². The maximum Gasteiger partial charge on any atom is 0.326 e. The molecule has 150 heavy (non-hydrogen) atoms. The maximum atomic E-state index is 15.4. The molecule has 0 saturated carbocycles. The van der Waals surface area contributed by atoms with E-state index in [9.17, 15) is 77.3 Å².